The van der Waals surface area contributed by atoms with E-state index in [9.17, 15) is 0 Å². The zero-order valence-corrected chi connectivity index (χ0v) is 24.4. The van der Waals surface area contributed by atoms with Gasteiger partial charge in [-0.3, -0.25) is 0 Å². The van der Waals surface area contributed by atoms with E-state index in [4.69, 9.17) is 0 Å². The maximum absolute atomic E-state index is 2.32. The molecule has 188 valence electrons. The quantitative estimate of drug-likeness (QED) is 0.101. The molecule has 0 nitrogen and oxygen atoms in total. The Kier molecular flexibility index (Phi) is 35.6. The van der Waals surface area contributed by atoms with Crippen LogP contribution in [0.4, 0.5) is 0 Å². The normalized spacial score (nSPS) is 10.7. The van der Waals surface area contributed by atoms with E-state index in [2.05, 4.69) is 34.6 Å². The van der Waals surface area contributed by atoms with Crippen LogP contribution in [0.1, 0.15) is 176 Å². The molecular formula is C30H65Al. The van der Waals surface area contributed by atoms with Gasteiger partial charge in [0.1, 0.15) is 0 Å². The van der Waals surface area contributed by atoms with Crippen LogP contribution in [0, 0.1) is 0 Å². The molecule has 0 aliphatic heterocycles. The number of hydrogen-bond donors (Lipinski definition) is 0. The average Bonchev–Trinajstić information content (AvgIpc) is 2.79. The molecule has 0 aromatic rings. The van der Waals surface area contributed by atoms with Crippen LogP contribution in [0.15, 0.2) is 0 Å². The van der Waals surface area contributed by atoms with Gasteiger partial charge in [-0.2, -0.15) is 0 Å². The highest BCUT2D eigenvalue weighted by atomic mass is 27.2. The molecule has 31 heavy (non-hydrogen) atoms. The molecule has 0 unspecified atom stereocenters. The lowest BCUT2D eigenvalue weighted by atomic mass is 10.1. The smallest absolute Gasteiger partial charge is 0.0939 e. The van der Waals surface area contributed by atoms with E-state index in [0.717, 1.165) is 0 Å². The van der Waals surface area contributed by atoms with Crippen molar-refractivity contribution in [3.8, 4) is 0 Å². The molecule has 0 aromatic carbocycles. The van der Waals surface area contributed by atoms with Crippen LogP contribution >= 0.6 is 0 Å². The van der Waals surface area contributed by atoms with Crippen LogP contribution in [0.3, 0.4) is 0 Å². The van der Waals surface area contributed by atoms with Crippen LogP contribution in [0.25, 0.3) is 0 Å². The number of hydrogen-bond acceptors (Lipinski definition) is 0. The molecule has 0 fully saturated rings. The fourth-order valence-corrected chi connectivity index (χ4v) is 8.04. The maximum Gasteiger partial charge on any atom is 0.261 e. The summed E-state index contributed by atoms with van der Waals surface area (Å²) in [6.07, 6.45) is 32.3. The van der Waals surface area contributed by atoms with Crippen LogP contribution < -0.4 is 0 Å². The van der Waals surface area contributed by atoms with Gasteiger partial charge in [0.2, 0.25) is 0 Å². The monoisotopic (exact) mass is 452 g/mol. The minimum atomic E-state index is -0.410. The third-order valence-corrected chi connectivity index (χ3v) is 10.5. The first-order valence-corrected chi connectivity index (χ1v) is 17.7. The topological polar surface area (TPSA) is 0 Å². The Labute approximate surface area is 205 Å². The first kappa shape index (κ1) is 33.7. The largest absolute Gasteiger partial charge is 0.261 e. The van der Waals surface area contributed by atoms with Gasteiger partial charge in [0.15, 0.2) is 0 Å². The van der Waals surface area contributed by atoms with Gasteiger partial charge < -0.3 is 0 Å². The average molecular weight is 453 g/mol. The highest BCUT2D eigenvalue weighted by Gasteiger charge is 2.15. The van der Waals surface area contributed by atoms with E-state index in [-0.39, 0.29) is 0 Å². The predicted octanol–water partition coefficient (Wildman–Crippen LogP) is 12.1. The van der Waals surface area contributed by atoms with Crippen LogP contribution in [-0.4, -0.2) is 14.1 Å². The predicted molar refractivity (Wildman–Crippen MR) is 150 cm³/mol. The summed E-state index contributed by atoms with van der Waals surface area (Å²) in [6.45, 7) is 11.4. The van der Waals surface area contributed by atoms with Crippen molar-refractivity contribution >= 4 is 14.1 Å². The molecule has 0 saturated carbocycles. The Hall–Kier alpha value is 0.532. The first-order chi connectivity index (χ1) is 15.3. The van der Waals surface area contributed by atoms with Gasteiger partial charge in [-0.05, 0) is 0 Å². The molecule has 0 aliphatic carbocycles. The van der Waals surface area contributed by atoms with Crippen LogP contribution in [-0.2, 0) is 0 Å². The summed E-state index contributed by atoms with van der Waals surface area (Å²) in [5.41, 5.74) is 0. The minimum Gasteiger partial charge on any atom is -0.0939 e. The summed E-state index contributed by atoms with van der Waals surface area (Å²) in [5.74, 6) is 0. The Morgan fingerprint density at radius 1 is 0.258 bits per heavy atom. The Bertz CT molecular complexity index is 234. The van der Waals surface area contributed by atoms with Crippen molar-refractivity contribution in [3.63, 3.8) is 0 Å². The fourth-order valence-electron chi connectivity index (χ4n) is 4.57. The molecule has 0 amide bonds. The number of rotatable bonds is 24. The van der Waals surface area contributed by atoms with Gasteiger partial charge in [-0.25, -0.2) is 0 Å². The molecule has 0 aliphatic rings. The standard InChI is InChI=1S/3C8H17.C6H14.Al/c3*1-3-5-7-8-6-4-2;1-3-5-6-4-2;/h3*1,3-8H2,2H3;3-6H2,1-2H3;. The molecule has 0 aromatic heterocycles. The zero-order valence-electron chi connectivity index (χ0n) is 23.3. The van der Waals surface area contributed by atoms with Gasteiger partial charge in [-0.15, -0.1) is 0 Å². The molecule has 0 saturated heterocycles. The maximum atomic E-state index is 2.32. The fraction of sp³-hybridized carbons (Fsp3) is 1.00. The summed E-state index contributed by atoms with van der Waals surface area (Å²) in [5, 5.41) is 4.99. The second kappa shape index (κ2) is 32.7. The van der Waals surface area contributed by atoms with Gasteiger partial charge >= 0.3 is 0 Å². The third-order valence-electron chi connectivity index (χ3n) is 6.85. The van der Waals surface area contributed by atoms with Crippen molar-refractivity contribution in [2.75, 3.05) is 0 Å². The van der Waals surface area contributed by atoms with E-state index in [1.807, 2.05) is 0 Å². The third kappa shape index (κ3) is 32.8. The van der Waals surface area contributed by atoms with Crippen LogP contribution in [0.5, 0.6) is 0 Å². The summed E-state index contributed by atoms with van der Waals surface area (Å²) in [7, 11) is 0. The molecule has 1 heteroatoms. The Morgan fingerprint density at radius 2 is 0.452 bits per heavy atom. The Balaban J connectivity index is 0. The summed E-state index contributed by atoms with van der Waals surface area (Å²) < 4.78 is 0. The molecule has 0 atom stereocenters. The SMILES string of the molecule is CCCCCC.CCCCCCC[CH2][Al]([CH2]CCCCCCC)[CH2]CCCCCCC. The van der Waals surface area contributed by atoms with Gasteiger partial charge in [0.25, 0.3) is 14.1 Å². The van der Waals surface area contributed by atoms with E-state index >= 15 is 0 Å². The second-order valence-electron chi connectivity index (χ2n) is 10.2. The molecule has 0 spiro atoms. The van der Waals surface area contributed by atoms with Crippen molar-refractivity contribution in [2.24, 2.45) is 0 Å². The van der Waals surface area contributed by atoms with Crippen molar-refractivity contribution < 1.29 is 0 Å². The molecule has 0 radical (unpaired) electrons. The number of unbranched alkanes of at least 4 members (excludes halogenated alkanes) is 18. The molecule has 0 N–H and O–H groups in total. The lowest BCUT2D eigenvalue weighted by Crippen LogP contribution is -2.12. The lowest BCUT2D eigenvalue weighted by molar-refractivity contribution is 0.610. The van der Waals surface area contributed by atoms with E-state index in [1.54, 1.807) is 35.1 Å². The van der Waals surface area contributed by atoms with E-state index in [0.29, 0.717) is 0 Å². The van der Waals surface area contributed by atoms with Crippen molar-refractivity contribution in [1.29, 1.82) is 0 Å². The molecule has 0 heterocycles. The molecule has 0 bridgehead atoms. The van der Waals surface area contributed by atoms with Crippen molar-refractivity contribution in [3.05, 3.63) is 0 Å². The Morgan fingerprint density at radius 3 is 0.710 bits per heavy atom. The summed E-state index contributed by atoms with van der Waals surface area (Å²) in [6, 6.07) is 0. The highest BCUT2D eigenvalue weighted by molar-refractivity contribution is 6.58. The second-order valence-corrected chi connectivity index (χ2v) is 13.7. The molecular weight excluding hydrogens is 387 g/mol. The summed E-state index contributed by atoms with van der Waals surface area (Å²) in [4.78, 5) is 0. The van der Waals surface area contributed by atoms with Crippen LogP contribution in [0.2, 0.25) is 15.8 Å². The zero-order chi connectivity index (χ0) is 23.3. The van der Waals surface area contributed by atoms with Crippen molar-refractivity contribution in [1.82, 2.24) is 0 Å². The molecule has 0 rings (SSSR count). The highest BCUT2D eigenvalue weighted by Crippen LogP contribution is 2.20. The minimum absolute atomic E-state index is 0.410. The van der Waals surface area contributed by atoms with E-state index in [1.165, 1.54) is 122 Å². The van der Waals surface area contributed by atoms with Gasteiger partial charge in [0, 0.05) is 0 Å². The van der Waals surface area contributed by atoms with Crippen molar-refractivity contribution in [2.45, 2.75) is 192 Å². The van der Waals surface area contributed by atoms with E-state index < -0.39 is 14.1 Å². The lowest BCUT2D eigenvalue weighted by Gasteiger charge is -2.12. The first-order valence-electron chi connectivity index (χ1n) is 15.3. The summed E-state index contributed by atoms with van der Waals surface area (Å²) >= 11 is -0.410. The van der Waals surface area contributed by atoms with Gasteiger partial charge in [0.05, 0.1) is 0 Å². The van der Waals surface area contributed by atoms with Gasteiger partial charge in [-0.1, -0.05) is 192 Å².